The van der Waals surface area contributed by atoms with Gasteiger partial charge in [0.2, 0.25) is 0 Å². The second-order valence-electron chi connectivity index (χ2n) is 5.75. The third-order valence-corrected chi connectivity index (χ3v) is 3.75. The maximum Gasteiger partial charge on any atom is 0.433 e. The number of nitrogens with zero attached hydrogens (tertiary/aromatic N) is 1. The van der Waals surface area contributed by atoms with E-state index in [-0.39, 0.29) is 5.76 Å². The maximum atomic E-state index is 12.2. The molecule has 0 aliphatic heterocycles. The molecule has 0 fully saturated rings. The Morgan fingerprint density at radius 2 is 1.72 bits per heavy atom. The molecular formula is C21H14N2O6. The molecule has 0 aliphatic carbocycles. The quantitative estimate of drug-likeness (QED) is 0.315. The monoisotopic (exact) mass is 390 g/mol. The van der Waals surface area contributed by atoms with E-state index in [9.17, 15) is 19.7 Å². The molecule has 3 aromatic rings. The third-order valence-electron chi connectivity index (χ3n) is 3.75. The van der Waals surface area contributed by atoms with Crippen molar-refractivity contribution in [1.29, 1.82) is 0 Å². The number of amides is 1. The van der Waals surface area contributed by atoms with E-state index in [0.717, 1.165) is 6.07 Å². The summed E-state index contributed by atoms with van der Waals surface area (Å²) in [5, 5.41) is 13.2. The van der Waals surface area contributed by atoms with Gasteiger partial charge in [-0.15, -0.1) is 0 Å². The minimum absolute atomic E-state index is 0.173. The number of furan rings is 1. The summed E-state index contributed by atoms with van der Waals surface area (Å²) in [5.41, 5.74) is 2.10. The van der Waals surface area contributed by atoms with Crippen LogP contribution in [0.3, 0.4) is 0 Å². The summed E-state index contributed by atoms with van der Waals surface area (Å²) in [6, 6.07) is 15.8. The van der Waals surface area contributed by atoms with E-state index in [2.05, 4.69) is 21.9 Å². The van der Waals surface area contributed by atoms with Gasteiger partial charge < -0.3 is 14.5 Å². The van der Waals surface area contributed by atoms with E-state index in [0.29, 0.717) is 22.4 Å². The molecule has 0 bridgehead atoms. The first-order valence-corrected chi connectivity index (χ1v) is 8.32. The van der Waals surface area contributed by atoms with Gasteiger partial charge in [0, 0.05) is 16.8 Å². The highest BCUT2D eigenvalue weighted by molar-refractivity contribution is 6.02. The predicted molar refractivity (Wildman–Crippen MR) is 104 cm³/mol. The minimum Gasteiger partial charge on any atom is -0.465 e. The van der Waals surface area contributed by atoms with E-state index >= 15 is 0 Å². The first-order valence-electron chi connectivity index (χ1n) is 8.32. The highest BCUT2D eigenvalue weighted by Crippen LogP contribution is 2.18. The third kappa shape index (κ3) is 4.87. The van der Waals surface area contributed by atoms with Crippen molar-refractivity contribution < 1.29 is 23.7 Å². The lowest BCUT2D eigenvalue weighted by Gasteiger charge is -2.03. The average molecular weight is 390 g/mol. The number of carbonyl (C=O) groups excluding carboxylic acids is 2. The molecule has 1 N–H and O–H groups in total. The summed E-state index contributed by atoms with van der Waals surface area (Å²) in [5.74, 6) is 4.15. The average Bonchev–Trinajstić information content (AvgIpc) is 3.23. The van der Waals surface area contributed by atoms with Gasteiger partial charge >= 0.3 is 11.9 Å². The van der Waals surface area contributed by atoms with Crippen LogP contribution in [0.2, 0.25) is 0 Å². The van der Waals surface area contributed by atoms with Gasteiger partial charge in [-0.25, -0.2) is 4.79 Å². The Kier molecular flexibility index (Phi) is 5.71. The fourth-order valence-corrected chi connectivity index (χ4v) is 2.40. The van der Waals surface area contributed by atoms with Crippen LogP contribution in [0, 0.1) is 22.0 Å². The zero-order valence-corrected chi connectivity index (χ0v) is 15.2. The molecule has 0 radical (unpaired) electrons. The van der Waals surface area contributed by atoms with Crippen molar-refractivity contribution in [2.24, 2.45) is 0 Å². The van der Waals surface area contributed by atoms with Crippen LogP contribution < -0.4 is 5.32 Å². The molecular weight excluding hydrogens is 376 g/mol. The number of nitro groups is 1. The molecule has 144 valence electrons. The smallest absolute Gasteiger partial charge is 0.433 e. The number of hydrogen-bond acceptors (Lipinski definition) is 6. The first-order chi connectivity index (χ1) is 14.0. The number of carbonyl (C=O) groups is 2. The van der Waals surface area contributed by atoms with Crippen molar-refractivity contribution >= 4 is 23.4 Å². The predicted octanol–water partition coefficient (Wildman–Crippen LogP) is 3.63. The first kappa shape index (κ1) is 19.4. The van der Waals surface area contributed by atoms with Crippen molar-refractivity contribution in [1.82, 2.24) is 0 Å². The summed E-state index contributed by atoms with van der Waals surface area (Å²) >= 11 is 0. The van der Waals surface area contributed by atoms with Gasteiger partial charge in [-0.1, -0.05) is 24.0 Å². The second kappa shape index (κ2) is 8.54. The Balaban J connectivity index is 1.75. The molecule has 8 nitrogen and oxygen atoms in total. The maximum absolute atomic E-state index is 12.2. The van der Waals surface area contributed by atoms with Crippen LogP contribution in [-0.2, 0) is 4.74 Å². The topological polar surface area (TPSA) is 112 Å². The molecule has 0 spiro atoms. The van der Waals surface area contributed by atoms with Crippen LogP contribution in [-0.4, -0.2) is 23.9 Å². The summed E-state index contributed by atoms with van der Waals surface area (Å²) in [4.78, 5) is 33.7. The molecule has 0 unspecified atom stereocenters. The Bertz CT molecular complexity index is 1150. The summed E-state index contributed by atoms with van der Waals surface area (Å²) in [6.07, 6.45) is 0. The summed E-state index contributed by atoms with van der Waals surface area (Å²) < 4.78 is 9.56. The fourth-order valence-electron chi connectivity index (χ4n) is 2.40. The standard InChI is InChI=1S/C21H14N2O6/c1-28-21(25)16-6-2-4-14(12-16)8-9-15-5-3-7-17(13-15)22-20(24)18-10-11-19(29-18)23(26)27/h2-7,10-13H,1H3,(H,22,24). The molecule has 0 saturated carbocycles. The molecule has 1 aromatic heterocycles. The summed E-state index contributed by atoms with van der Waals surface area (Å²) in [6.45, 7) is 0. The highest BCUT2D eigenvalue weighted by Gasteiger charge is 2.17. The van der Waals surface area contributed by atoms with Gasteiger partial charge in [0.25, 0.3) is 5.91 Å². The molecule has 0 aliphatic rings. The van der Waals surface area contributed by atoms with Gasteiger partial charge in [0.1, 0.15) is 4.92 Å². The van der Waals surface area contributed by atoms with E-state index in [1.54, 1.807) is 48.5 Å². The number of ether oxygens (including phenoxy) is 1. The van der Waals surface area contributed by atoms with Crippen molar-refractivity contribution in [2.45, 2.75) is 0 Å². The van der Waals surface area contributed by atoms with Gasteiger partial charge in [-0.3, -0.25) is 14.9 Å². The highest BCUT2D eigenvalue weighted by atomic mass is 16.6. The Hall–Kier alpha value is -4.38. The number of nitrogens with one attached hydrogen (secondary N) is 1. The number of esters is 1. The van der Waals surface area contributed by atoms with E-state index in [1.807, 2.05) is 0 Å². The molecule has 29 heavy (non-hydrogen) atoms. The molecule has 1 amide bonds. The second-order valence-corrected chi connectivity index (χ2v) is 5.75. The molecule has 0 atom stereocenters. The Morgan fingerprint density at radius 3 is 2.38 bits per heavy atom. The molecule has 1 heterocycles. The largest absolute Gasteiger partial charge is 0.465 e. The van der Waals surface area contributed by atoms with Crippen LogP contribution in [0.25, 0.3) is 0 Å². The minimum atomic E-state index is -0.720. The van der Waals surface area contributed by atoms with Gasteiger partial charge in [-0.2, -0.15) is 0 Å². The number of hydrogen-bond donors (Lipinski definition) is 1. The molecule has 0 saturated heterocycles. The SMILES string of the molecule is COC(=O)c1cccc(C#Cc2cccc(NC(=O)c3ccc([N+](=O)[O-])o3)c2)c1. The van der Waals surface area contributed by atoms with E-state index in [4.69, 9.17) is 4.42 Å². The van der Waals surface area contributed by atoms with Gasteiger partial charge in [0.05, 0.1) is 18.7 Å². The number of benzene rings is 2. The lowest BCUT2D eigenvalue weighted by Crippen LogP contribution is -2.10. The fraction of sp³-hybridized carbons (Fsp3) is 0.0476. The van der Waals surface area contributed by atoms with E-state index in [1.165, 1.54) is 13.2 Å². The van der Waals surface area contributed by atoms with Crippen molar-refractivity contribution in [2.75, 3.05) is 12.4 Å². The Labute approximate surface area is 165 Å². The van der Waals surface area contributed by atoms with Crippen LogP contribution in [0.4, 0.5) is 11.6 Å². The zero-order chi connectivity index (χ0) is 20.8. The van der Waals surface area contributed by atoms with Crippen molar-refractivity contribution in [3.05, 3.63) is 93.2 Å². The van der Waals surface area contributed by atoms with Crippen LogP contribution >= 0.6 is 0 Å². The summed E-state index contributed by atoms with van der Waals surface area (Å²) in [7, 11) is 1.31. The molecule has 3 rings (SSSR count). The van der Waals surface area contributed by atoms with Crippen LogP contribution in [0.1, 0.15) is 32.0 Å². The number of methoxy groups -OCH3 is 1. The Morgan fingerprint density at radius 1 is 1.03 bits per heavy atom. The van der Waals surface area contributed by atoms with Crippen molar-refractivity contribution in [3.63, 3.8) is 0 Å². The normalized spacial score (nSPS) is 9.83. The van der Waals surface area contributed by atoms with Crippen LogP contribution in [0.5, 0.6) is 0 Å². The van der Waals surface area contributed by atoms with E-state index < -0.39 is 22.7 Å². The zero-order valence-electron chi connectivity index (χ0n) is 15.2. The van der Waals surface area contributed by atoms with Crippen LogP contribution in [0.15, 0.2) is 65.1 Å². The lowest BCUT2D eigenvalue weighted by atomic mass is 10.1. The van der Waals surface area contributed by atoms with Gasteiger partial charge in [0.15, 0.2) is 5.76 Å². The molecule has 2 aromatic carbocycles. The lowest BCUT2D eigenvalue weighted by molar-refractivity contribution is -0.402. The molecule has 8 heteroatoms. The van der Waals surface area contributed by atoms with Gasteiger partial charge in [-0.05, 0) is 42.5 Å². The van der Waals surface area contributed by atoms with Crippen molar-refractivity contribution in [3.8, 4) is 11.8 Å². The number of rotatable bonds is 4. The number of anilines is 1.